The number of likely N-dealkylation sites (N-methyl/N-ethyl adjacent to an activating group) is 1. The molecular formula is C16H25N3O. The van der Waals surface area contributed by atoms with Gasteiger partial charge in [-0.05, 0) is 31.9 Å². The van der Waals surface area contributed by atoms with Crippen molar-refractivity contribution in [1.29, 1.82) is 0 Å². The minimum Gasteiger partial charge on any atom is -0.394 e. The molecule has 0 radical (unpaired) electrons. The summed E-state index contributed by atoms with van der Waals surface area (Å²) in [5.74, 6) is 0. The van der Waals surface area contributed by atoms with E-state index in [1.54, 1.807) is 0 Å². The summed E-state index contributed by atoms with van der Waals surface area (Å²) in [6.07, 6.45) is 2.49. The maximum absolute atomic E-state index is 9.79. The van der Waals surface area contributed by atoms with E-state index in [9.17, 15) is 5.11 Å². The molecule has 1 heterocycles. The Bertz CT molecular complexity index is 475. The quantitative estimate of drug-likeness (QED) is 0.853. The topological polar surface area (TPSA) is 38.7 Å². The van der Waals surface area contributed by atoms with E-state index in [0.29, 0.717) is 6.04 Å². The molecule has 1 aliphatic heterocycles. The molecule has 1 atom stereocenters. The number of nitrogens with zero attached hydrogens (tertiary/aromatic N) is 2. The third kappa shape index (κ3) is 2.76. The maximum Gasteiger partial charge on any atom is 0.0628 e. The van der Waals surface area contributed by atoms with E-state index in [4.69, 9.17) is 0 Å². The van der Waals surface area contributed by atoms with Crippen molar-refractivity contribution in [3.05, 3.63) is 24.3 Å². The number of hydrogen-bond donors (Lipinski definition) is 2. The first kappa shape index (κ1) is 13.7. The largest absolute Gasteiger partial charge is 0.394 e. The molecule has 3 rings (SSSR count). The Morgan fingerprint density at radius 2 is 1.95 bits per heavy atom. The van der Waals surface area contributed by atoms with Crippen LogP contribution in [0.3, 0.4) is 0 Å². The number of rotatable bonds is 5. The van der Waals surface area contributed by atoms with E-state index in [1.165, 1.54) is 24.2 Å². The molecular weight excluding hydrogens is 250 g/mol. The monoisotopic (exact) mass is 275 g/mol. The van der Waals surface area contributed by atoms with Crippen molar-refractivity contribution < 1.29 is 5.11 Å². The van der Waals surface area contributed by atoms with Gasteiger partial charge in [0, 0.05) is 32.7 Å². The van der Waals surface area contributed by atoms with Crippen LogP contribution >= 0.6 is 0 Å². The first-order valence-electron chi connectivity index (χ1n) is 7.55. The Balaban J connectivity index is 1.78. The van der Waals surface area contributed by atoms with Gasteiger partial charge in [0.1, 0.15) is 0 Å². The number of fused-ring (bicyclic) bond motifs is 1. The van der Waals surface area contributed by atoms with Crippen LogP contribution < -0.4 is 15.1 Å². The Kier molecular flexibility index (Phi) is 3.61. The average Bonchev–Trinajstić information content (AvgIpc) is 3.26. The molecule has 0 spiro atoms. The second kappa shape index (κ2) is 5.26. The molecule has 4 heteroatoms. The minimum atomic E-state index is -0.218. The van der Waals surface area contributed by atoms with Crippen LogP contribution in [0.25, 0.3) is 0 Å². The molecule has 4 nitrogen and oxygen atoms in total. The van der Waals surface area contributed by atoms with Crippen LogP contribution in [-0.2, 0) is 0 Å². The fourth-order valence-electron chi connectivity index (χ4n) is 3.01. The Morgan fingerprint density at radius 1 is 1.25 bits per heavy atom. The van der Waals surface area contributed by atoms with Crippen molar-refractivity contribution in [2.24, 2.45) is 0 Å². The van der Waals surface area contributed by atoms with Crippen LogP contribution in [0.2, 0.25) is 0 Å². The molecule has 0 amide bonds. The summed E-state index contributed by atoms with van der Waals surface area (Å²) in [5, 5.41) is 13.4. The number of benzene rings is 1. The summed E-state index contributed by atoms with van der Waals surface area (Å²) in [4.78, 5) is 4.71. The SMILES string of the molecule is CN1CCN(CC(C)(CO)NC2CC2)c2ccccc21. The Hall–Kier alpha value is -1.26. The van der Waals surface area contributed by atoms with Crippen LogP contribution in [0.15, 0.2) is 24.3 Å². The molecule has 1 unspecified atom stereocenters. The van der Waals surface area contributed by atoms with E-state index in [2.05, 4.69) is 53.4 Å². The van der Waals surface area contributed by atoms with Crippen molar-refractivity contribution >= 4 is 11.4 Å². The summed E-state index contributed by atoms with van der Waals surface area (Å²) in [6.45, 7) is 5.20. The number of anilines is 2. The zero-order chi connectivity index (χ0) is 14.2. The molecule has 1 aromatic carbocycles. The standard InChI is InChI=1S/C16H25N3O/c1-16(12-20,17-13-7-8-13)11-19-10-9-18(2)14-5-3-4-6-15(14)19/h3-6,13,17,20H,7-12H2,1-2H3. The van der Waals surface area contributed by atoms with E-state index in [-0.39, 0.29) is 12.1 Å². The molecule has 110 valence electrons. The van der Waals surface area contributed by atoms with Gasteiger partial charge in [0.05, 0.1) is 23.5 Å². The first-order valence-corrected chi connectivity index (χ1v) is 7.55. The molecule has 20 heavy (non-hydrogen) atoms. The van der Waals surface area contributed by atoms with Gasteiger partial charge in [-0.15, -0.1) is 0 Å². The van der Waals surface area contributed by atoms with Crippen LogP contribution in [0.5, 0.6) is 0 Å². The van der Waals surface area contributed by atoms with Gasteiger partial charge < -0.3 is 20.2 Å². The maximum atomic E-state index is 9.79. The van der Waals surface area contributed by atoms with Gasteiger partial charge in [-0.1, -0.05) is 12.1 Å². The van der Waals surface area contributed by atoms with E-state index in [1.807, 2.05) is 0 Å². The molecule has 0 bridgehead atoms. The summed E-state index contributed by atoms with van der Waals surface area (Å²) in [6, 6.07) is 9.14. The highest BCUT2D eigenvalue weighted by atomic mass is 16.3. The van der Waals surface area contributed by atoms with Crippen LogP contribution in [0.4, 0.5) is 11.4 Å². The highest BCUT2D eigenvalue weighted by Gasteiger charge is 2.34. The molecule has 1 aromatic rings. The first-order chi connectivity index (χ1) is 9.61. The predicted octanol–water partition coefficient (Wildman–Crippen LogP) is 1.45. The molecule has 2 N–H and O–H groups in total. The lowest BCUT2D eigenvalue weighted by atomic mass is 10.0. The van der Waals surface area contributed by atoms with Gasteiger partial charge in [0.2, 0.25) is 0 Å². The third-order valence-corrected chi connectivity index (χ3v) is 4.36. The molecule has 0 saturated heterocycles. The number of para-hydroxylation sites is 2. The number of aliphatic hydroxyl groups is 1. The van der Waals surface area contributed by atoms with Gasteiger partial charge in [0.15, 0.2) is 0 Å². The van der Waals surface area contributed by atoms with Gasteiger partial charge in [-0.2, -0.15) is 0 Å². The average molecular weight is 275 g/mol. The number of aliphatic hydroxyl groups excluding tert-OH is 1. The summed E-state index contributed by atoms with van der Waals surface area (Å²) >= 11 is 0. The fourth-order valence-corrected chi connectivity index (χ4v) is 3.01. The van der Waals surface area contributed by atoms with Gasteiger partial charge in [-0.3, -0.25) is 0 Å². The smallest absolute Gasteiger partial charge is 0.0628 e. The molecule has 0 aromatic heterocycles. The molecule has 1 saturated carbocycles. The van der Waals surface area contributed by atoms with Crippen LogP contribution in [-0.4, -0.2) is 50.0 Å². The second-order valence-electron chi connectivity index (χ2n) is 6.47. The van der Waals surface area contributed by atoms with Gasteiger partial charge >= 0.3 is 0 Å². The number of hydrogen-bond acceptors (Lipinski definition) is 4. The van der Waals surface area contributed by atoms with E-state index in [0.717, 1.165) is 19.6 Å². The Labute approximate surface area is 121 Å². The number of nitrogens with one attached hydrogen (secondary N) is 1. The highest BCUT2D eigenvalue weighted by Crippen LogP contribution is 2.33. The van der Waals surface area contributed by atoms with Gasteiger partial charge in [0.25, 0.3) is 0 Å². The van der Waals surface area contributed by atoms with Crippen molar-refractivity contribution in [2.45, 2.75) is 31.3 Å². The van der Waals surface area contributed by atoms with E-state index >= 15 is 0 Å². The lowest BCUT2D eigenvalue weighted by molar-refractivity contribution is 0.176. The van der Waals surface area contributed by atoms with Crippen molar-refractivity contribution in [1.82, 2.24) is 5.32 Å². The van der Waals surface area contributed by atoms with Crippen LogP contribution in [0, 0.1) is 0 Å². The second-order valence-corrected chi connectivity index (χ2v) is 6.47. The minimum absolute atomic E-state index is 0.179. The van der Waals surface area contributed by atoms with Crippen molar-refractivity contribution in [2.75, 3.05) is 43.1 Å². The van der Waals surface area contributed by atoms with Crippen LogP contribution in [0.1, 0.15) is 19.8 Å². The normalized spacial score (nSPS) is 21.6. The highest BCUT2D eigenvalue weighted by molar-refractivity contribution is 5.73. The lowest BCUT2D eigenvalue weighted by Crippen LogP contribution is -2.56. The molecule has 1 fully saturated rings. The van der Waals surface area contributed by atoms with Crippen molar-refractivity contribution in [3.63, 3.8) is 0 Å². The summed E-state index contributed by atoms with van der Waals surface area (Å²) in [7, 11) is 2.14. The molecule has 1 aliphatic carbocycles. The summed E-state index contributed by atoms with van der Waals surface area (Å²) in [5.41, 5.74) is 2.34. The Morgan fingerprint density at radius 3 is 2.60 bits per heavy atom. The lowest BCUT2D eigenvalue weighted by Gasteiger charge is -2.42. The summed E-state index contributed by atoms with van der Waals surface area (Å²) < 4.78 is 0. The zero-order valence-electron chi connectivity index (χ0n) is 12.5. The predicted molar refractivity (Wildman–Crippen MR) is 83.6 cm³/mol. The van der Waals surface area contributed by atoms with Gasteiger partial charge in [-0.25, -0.2) is 0 Å². The molecule has 2 aliphatic rings. The van der Waals surface area contributed by atoms with E-state index < -0.39 is 0 Å². The third-order valence-electron chi connectivity index (χ3n) is 4.36. The van der Waals surface area contributed by atoms with Crippen molar-refractivity contribution in [3.8, 4) is 0 Å². The zero-order valence-corrected chi connectivity index (χ0v) is 12.5. The fraction of sp³-hybridized carbons (Fsp3) is 0.625.